The quantitative estimate of drug-likeness (QED) is 0.751. The summed E-state index contributed by atoms with van der Waals surface area (Å²) in [6.45, 7) is 4.99. The third kappa shape index (κ3) is 5.49. The molecule has 1 aromatic rings. The topological polar surface area (TPSA) is 47.6 Å². The van der Waals surface area contributed by atoms with Crippen LogP contribution in [-0.4, -0.2) is 32.8 Å². The first-order valence-corrected chi connectivity index (χ1v) is 7.04. The molecule has 1 rings (SSSR count). The predicted molar refractivity (Wildman–Crippen MR) is 79.9 cm³/mol. The van der Waals surface area contributed by atoms with Gasteiger partial charge in [-0.2, -0.15) is 0 Å². The summed E-state index contributed by atoms with van der Waals surface area (Å²) in [6, 6.07) is 7.42. The van der Waals surface area contributed by atoms with Gasteiger partial charge in [-0.05, 0) is 17.5 Å². The molecule has 5 heteroatoms. The zero-order valence-corrected chi connectivity index (χ0v) is 12.9. The number of hydrogen-bond donors (Lipinski definition) is 1. The number of carbonyl (C=O) groups excluding carboxylic acids is 1. The summed E-state index contributed by atoms with van der Waals surface area (Å²) < 4.78 is 10.1. The van der Waals surface area contributed by atoms with Gasteiger partial charge < -0.3 is 14.8 Å². The molecule has 4 nitrogen and oxygen atoms in total. The standard InChI is InChI=1S/C15H22ClNO3/c1-11(2)15(12-6-4-5-7-13(12)16)17-14(18)10-20-9-8-19-3/h4-7,11,15H,8-10H2,1-3H3,(H,17,18)/t15-/m0/s1. The highest BCUT2D eigenvalue weighted by Crippen LogP contribution is 2.27. The second kappa shape index (κ2) is 8.95. The van der Waals surface area contributed by atoms with Gasteiger partial charge in [0.2, 0.25) is 5.91 Å². The van der Waals surface area contributed by atoms with Crippen molar-refractivity contribution < 1.29 is 14.3 Å². The van der Waals surface area contributed by atoms with E-state index in [0.29, 0.717) is 18.2 Å². The third-order valence-corrected chi connectivity index (χ3v) is 3.23. The van der Waals surface area contributed by atoms with Crippen LogP contribution < -0.4 is 5.32 Å². The second-order valence-electron chi connectivity index (χ2n) is 4.86. The normalized spacial score (nSPS) is 12.4. The Labute approximate surface area is 125 Å². The number of nitrogens with one attached hydrogen (secondary N) is 1. The molecule has 0 saturated heterocycles. The predicted octanol–water partition coefficient (Wildman–Crippen LogP) is 2.82. The molecule has 1 amide bonds. The number of methoxy groups -OCH3 is 1. The van der Waals surface area contributed by atoms with Crippen LogP contribution in [0.3, 0.4) is 0 Å². The van der Waals surface area contributed by atoms with Gasteiger partial charge in [-0.1, -0.05) is 43.6 Å². The van der Waals surface area contributed by atoms with Crippen molar-refractivity contribution in [2.45, 2.75) is 19.9 Å². The highest BCUT2D eigenvalue weighted by atomic mass is 35.5. The molecule has 0 aromatic heterocycles. The first kappa shape index (κ1) is 17.0. The molecular formula is C15H22ClNO3. The Bertz CT molecular complexity index is 423. The Morgan fingerprint density at radius 2 is 2.00 bits per heavy atom. The van der Waals surface area contributed by atoms with E-state index in [0.717, 1.165) is 5.56 Å². The van der Waals surface area contributed by atoms with Crippen molar-refractivity contribution >= 4 is 17.5 Å². The van der Waals surface area contributed by atoms with E-state index in [1.54, 1.807) is 7.11 Å². The van der Waals surface area contributed by atoms with Crippen molar-refractivity contribution in [1.29, 1.82) is 0 Å². The lowest BCUT2D eigenvalue weighted by Crippen LogP contribution is -2.34. The van der Waals surface area contributed by atoms with E-state index in [1.165, 1.54) is 0 Å². The van der Waals surface area contributed by atoms with Gasteiger partial charge in [0.25, 0.3) is 0 Å². The third-order valence-electron chi connectivity index (χ3n) is 2.89. The van der Waals surface area contributed by atoms with Crippen molar-refractivity contribution in [2.24, 2.45) is 5.92 Å². The van der Waals surface area contributed by atoms with Gasteiger partial charge in [0, 0.05) is 12.1 Å². The number of rotatable bonds is 8. The summed E-state index contributed by atoms with van der Waals surface area (Å²) in [6.07, 6.45) is 0. The van der Waals surface area contributed by atoms with Crippen LogP contribution in [0.5, 0.6) is 0 Å². The summed E-state index contributed by atoms with van der Waals surface area (Å²) in [7, 11) is 1.59. The van der Waals surface area contributed by atoms with Gasteiger partial charge in [0.05, 0.1) is 19.3 Å². The fourth-order valence-electron chi connectivity index (χ4n) is 1.85. The van der Waals surface area contributed by atoms with E-state index < -0.39 is 0 Å². The average Bonchev–Trinajstić information content (AvgIpc) is 2.42. The summed E-state index contributed by atoms with van der Waals surface area (Å²) in [5.74, 6) is 0.0811. The SMILES string of the molecule is COCCOCC(=O)N[C@H](c1ccccc1Cl)C(C)C. The maximum atomic E-state index is 11.9. The molecule has 0 aliphatic carbocycles. The molecule has 0 aliphatic heterocycles. The summed E-state index contributed by atoms with van der Waals surface area (Å²) >= 11 is 6.19. The minimum absolute atomic E-state index is 0.0248. The van der Waals surface area contributed by atoms with Crippen LogP contribution in [0.25, 0.3) is 0 Å². The number of ether oxygens (including phenoxy) is 2. The van der Waals surface area contributed by atoms with E-state index in [-0.39, 0.29) is 24.5 Å². The number of halogens is 1. The molecule has 0 heterocycles. The van der Waals surface area contributed by atoms with Crippen molar-refractivity contribution in [3.05, 3.63) is 34.9 Å². The van der Waals surface area contributed by atoms with Crippen molar-refractivity contribution in [3.63, 3.8) is 0 Å². The van der Waals surface area contributed by atoms with Crippen molar-refractivity contribution in [1.82, 2.24) is 5.32 Å². The lowest BCUT2D eigenvalue weighted by molar-refractivity contribution is -0.127. The Morgan fingerprint density at radius 1 is 1.30 bits per heavy atom. The van der Waals surface area contributed by atoms with Crippen LogP contribution in [-0.2, 0) is 14.3 Å². The molecule has 0 aliphatic rings. The molecule has 0 radical (unpaired) electrons. The Kier molecular flexibility index (Phi) is 7.59. The number of amides is 1. The van der Waals surface area contributed by atoms with Crippen LogP contribution in [0.15, 0.2) is 24.3 Å². The Morgan fingerprint density at radius 3 is 2.60 bits per heavy atom. The first-order valence-electron chi connectivity index (χ1n) is 6.66. The molecule has 1 N–H and O–H groups in total. The summed E-state index contributed by atoms with van der Waals surface area (Å²) in [4.78, 5) is 11.9. The lowest BCUT2D eigenvalue weighted by Gasteiger charge is -2.23. The molecule has 1 aromatic carbocycles. The van der Waals surface area contributed by atoms with Gasteiger partial charge in [-0.15, -0.1) is 0 Å². The minimum Gasteiger partial charge on any atom is -0.382 e. The lowest BCUT2D eigenvalue weighted by atomic mass is 9.96. The molecule has 0 bridgehead atoms. The molecule has 1 atom stereocenters. The molecular weight excluding hydrogens is 278 g/mol. The Balaban J connectivity index is 2.60. The van der Waals surface area contributed by atoms with Crippen LogP contribution in [0, 0.1) is 5.92 Å². The highest BCUT2D eigenvalue weighted by Gasteiger charge is 2.20. The van der Waals surface area contributed by atoms with E-state index in [9.17, 15) is 4.79 Å². The van der Waals surface area contributed by atoms with Crippen LogP contribution in [0.4, 0.5) is 0 Å². The van der Waals surface area contributed by atoms with Crippen LogP contribution in [0.1, 0.15) is 25.5 Å². The zero-order chi connectivity index (χ0) is 15.0. The van der Waals surface area contributed by atoms with E-state index in [1.807, 2.05) is 38.1 Å². The summed E-state index contributed by atoms with van der Waals surface area (Å²) in [5, 5.41) is 3.62. The molecule has 112 valence electrons. The van der Waals surface area contributed by atoms with Crippen LogP contribution >= 0.6 is 11.6 Å². The highest BCUT2D eigenvalue weighted by molar-refractivity contribution is 6.31. The van der Waals surface area contributed by atoms with Gasteiger partial charge >= 0.3 is 0 Å². The molecule has 0 unspecified atom stereocenters. The maximum Gasteiger partial charge on any atom is 0.246 e. The van der Waals surface area contributed by atoms with E-state index >= 15 is 0 Å². The number of hydrogen-bond acceptors (Lipinski definition) is 3. The van der Waals surface area contributed by atoms with E-state index in [4.69, 9.17) is 21.1 Å². The largest absolute Gasteiger partial charge is 0.382 e. The fraction of sp³-hybridized carbons (Fsp3) is 0.533. The number of carbonyl (C=O) groups is 1. The molecule has 20 heavy (non-hydrogen) atoms. The number of benzene rings is 1. The van der Waals surface area contributed by atoms with Crippen molar-refractivity contribution in [3.8, 4) is 0 Å². The van der Waals surface area contributed by atoms with E-state index in [2.05, 4.69) is 5.32 Å². The van der Waals surface area contributed by atoms with Gasteiger partial charge in [0.15, 0.2) is 0 Å². The van der Waals surface area contributed by atoms with Gasteiger partial charge in [-0.3, -0.25) is 4.79 Å². The maximum absolute atomic E-state index is 11.9. The smallest absolute Gasteiger partial charge is 0.246 e. The minimum atomic E-state index is -0.153. The average molecular weight is 300 g/mol. The monoisotopic (exact) mass is 299 g/mol. The van der Waals surface area contributed by atoms with Gasteiger partial charge in [-0.25, -0.2) is 0 Å². The Hall–Kier alpha value is -1.10. The zero-order valence-electron chi connectivity index (χ0n) is 12.2. The fourth-order valence-corrected chi connectivity index (χ4v) is 2.11. The molecule has 0 spiro atoms. The van der Waals surface area contributed by atoms with Crippen molar-refractivity contribution in [2.75, 3.05) is 26.9 Å². The first-order chi connectivity index (χ1) is 9.56. The molecule has 0 saturated carbocycles. The van der Waals surface area contributed by atoms with Gasteiger partial charge in [0.1, 0.15) is 6.61 Å². The van der Waals surface area contributed by atoms with Crippen LogP contribution in [0.2, 0.25) is 5.02 Å². The molecule has 0 fully saturated rings. The summed E-state index contributed by atoms with van der Waals surface area (Å²) in [5.41, 5.74) is 0.925. The second-order valence-corrected chi connectivity index (χ2v) is 5.26.